The molecule has 18 heavy (non-hydrogen) atoms. The van der Waals surface area contributed by atoms with Crippen molar-refractivity contribution in [2.24, 2.45) is 0 Å². The van der Waals surface area contributed by atoms with Gasteiger partial charge in [-0.3, -0.25) is 0 Å². The first-order valence-corrected chi connectivity index (χ1v) is 7.69. The molecule has 0 aliphatic carbocycles. The van der Waals surface area contributed by atoms with Gasteiger partial charge in [0.1, 0.15) is 5.82 Å². The van der Waals surface area contributed by atoms with Crippen LogP contribution in [0.25, 0.3) is 0 Å². The van der Waals surface area contributed by atoms with Gasteiger partial charge in [0, 0.05) is 29.5 Å². The highest BCUT2D eigenvalue weighted by molar-refractivity contribution is 7.99. The zero-order chi connectivity index (χ0) is 13.2. The van der Waals surface area contributed by atoms with Crippen LogP contribution in [0, 0.1) is 6.92 Å². The van der Waals surface area contributed by atoms with Gasteiger partial charge in [0.2, 0.25) is 0 Å². The standard InChI is InChI=1S/C14H23N3S/c1-10-11(9-16-14(2,3)4)8-15-13(17-10)12-6-5-7-18-12/h8,12,16H,5-7,9H2,1-4H3. The molecule has 1 aliphatic heterocycles. The number of hydrogen-bond acceptors (Lipinski definition) is 4. The minimum Gasteiger partial charge on any atom is -0.308 e. The van der Waals surface area contributed by atoms with Gasteiger partial charge in [0.15, 0.2) is 0 Å². The minimum atomic E-state index is 0.131. The van der Waals surface area contributed by atoms with Gasteiger partial charge in [0.25, 0.3) is 0 Å². The first-order valence-electron chi connectivity index (χ1n) is 6.65. The maximum Gasteiger partial charge on any atom is 0.141 e. The molecule has 1 unspecified atom stereocenters. The lowest BCUT2D eigenvalue weighted by molar-refractivity contribution is 0.423. The molecule has 3 nitrogen and oxygen atoms in total. The van der Waals surface area contributed by atoms with E-state index in [1.165, 1.54) is 24.2 Å². The molecular formula is C14H23N3S. The fourth-order valence-corrected chi connectivity index (χ4v) is 3.19. The van der Waals surface area contributed by atoms with Crippen LogP contribution in [0.5, 0.6) is 0 Å². The highest BCUT2D eigenvalue weighted by atomic mass is 32.2. The largest absolute Gasteiger partial charge is 0.308 e. The number of aryl methyl sites for hydroxylation is 1. The Labute approximate surface area is 114 Å². The molecule has 0 saturated carbocycles. The molecule has 0 radical (unpaired) electrons. The van der Waals surface area contributed by atoms with Crippen molar-refractivity contribution in [1.29, 1.82) is 0 Å². The summed E-state index contributed by atoms with van der Waals surface area (Å²) >= 11 is 1.99. The van der Waals surface area contributed by atoms with Gasteiger partial charge in [-0.25, -0.2) is 9.97 Å². The zero-order valence-corrected chi connectivity index (χ0v) is 12.6. The molecule has 1 N–H and O–H groups in total. The van der Waals surface area contributed by atoms with E-state index in [1.54, 1.807) is 0 Å². The summed E-state index contributed by atoms with van der Waals surface area (Å²) in [7, 11) is 0. The maximum atomic E-state index is 4.68. The first kappa shape index (κ1) is 13.8. The predicted octanol–water partition coefficient (Wildman–Crippen LogP) is 3.24. The van der Waals surface area contributed by atoms with Crippen LogP contribution in [0.15, 0.2) is 6.20 Å². The summed E-state index contributed by atoms with van der Waals surface area (Å²) in [6.45, 7) is 9.45. The van der Waals surface area contributed by atoms with Crippen molar-refractivity contribution in [3.05, 3.63) is 23.3 Å². The van der Waals surface area contributed by atoms with Gasteiger partial charge in [0.05, 0.1) is 5.25 Å². The van der Waals surface area contributed by atoms with E-state index >= 15 is 0 Å². The summed E-state index contributed by atoms with van der Waals surface area (Å²) < 4.78 is 0. The average molecular weight is 265 g/mol. The molecule has 1 aliphatic rings. The number of thioether (sulfide) groups is 1. The van der Waals surface area contributed by atoms with Crippen LogP contribution < -0.4 is 5.32 Å². The quantitative estimate of drug-likeness (QED) is 0.910. The molecule has 0 aromatic carbocycles. The second-order valence-electron chi connectivity index (χ2n) is 5.94. The molecule has 0 bridgehead atoms. The number of rotatable bonds is 3. The first-order chi connectivity index (χ1) is 8.46. The smallest absolute Gasteiger partial charge is 0.141 e. The number of hydrogen-bond donors (Lipinski definition) is 1. The van der Waals surface area contributed by atoms with Crippen molar-refractivity contribution in [2.75, 3.05) is 5.75 Å². The van der Waals surface area contributed by atoms with Crippen LogP contribution in [0.1, 0.15) is 55.9 Å². The maximum absolute atomic E-state index is 4.68. The lowest BCUT2D eigenvalue weighted by Gasteiger charge is -2.21. The van der Waals surface area contributed by atoms with Crippen LogP contribution in [0.3, 0.4) is 0 Å². The Bertz CT molecular complexity index is 406. The third-order valence-corrected chi connectivity index (χ3v) is 4.50. The average Bonchev–Trinajstić information content (AvgIpc) is 2.79. The molecule has 1 aromatic heterocycles. The summed E-state index contributed by atoms with van der Waals surface area (Å²) in [4.78, 5) is 9.23. The van der Waals surface area contributed by atoms with E-state index in [0.29, 0.717) is 5.25 Å². The summed E-state index contributed by atoms with van der Waals surface area (Å²) in [6, 6.07) is 0. The number of nitrogens with one attached hydrogen (secondary N) is 1. The van der Waals surface area contributed by atoms with Crippen molar-refractivity contribution in [1.82, 2.24) is 15.3 Å². The van der Waals surface area contributed by atoms with Gasteiger partial charge in [-0.05, 0) is 46.3 Å². The van der Waals surface area contributed by atoms with Gasteiger partial charge in [-0.15, -0.1) is 0 Å². The fraction of sp³-hybridized carbons (Fsp3) is 0.714. The Morgan fingerprint density at radius 2 is 2.22 bits per heavy atom. The molecule has 0 amide bonds. The Balaban J connectivity index is 2.05. The molecule has 0 spiro atoms. The van der Waals surface area contributed by atoms with E-state index in [2.05, 4.69) is 43.0 Å². The second-order valence-corrected chi connectivity index (χ2v) is 7.25. The van der Waals surface area contributed by atoms with Crippen molar-refractivity contribution < 1.29 is 0 Å². The highest BCUT2D eigenvalue weighted by Gasteiger charge is 2.21. The Morgan fingerprint density at radius 3 is 2.78 bits per heavy atom. The van der Waals surface area contributed by atoms with Crippen LogP contribution in [0.2, 0.25) is 0 Å². The van der Waals surface area contributed by atoms with E-state index in [0.717, 1.165) is 18.1 Å². The number of aromatic nitrogens is 2. The second kappa shape index (κ2) is 5.57. The van der Waals surface area contributed by atoms with E-state index in [-0.39, 0.29) is 5.54 Å². The van der Waals surface area contributed by atoms with Crippen molar-refractivity contribution in [3.63, 3.8) is 0 Å². The van der Waals surface area contributed by atoms with Gasteiger partial charge >= 0.3 is 0 Å². The normalized spacial score (nSPS) is 20.3. The summed E-state index contributed by atoms with van der Waals surface area (Å²) in [5.74, 6) is 2.27. The van der Waals surface area contributed by atoms with Crippen LogP contribution >= 0.6 is 11.8 Å². The lowest BCUT2D eigenvalue weighted by atomic mass is 10.1. The van der Waals surface area contributed by atoms with E-state index in [4.69, 9.17) is 0 Å². The Kier molecular flexibility index (Phi) is 4.28. The predicted molar refractivity (Wildman–Crippen MR) is 77.8 cm³/mol. The molecule has 4 heteroatoms. The van der Waals surface area contributed by atoms with Crippen molar-refractivity contribution in [2.45, 2.75) is 57.9 Å². The van der Waals surface area contributed by atoms with Gasteiger partial charge in [-0.1, -0.05) is 0 Å². The molecular weight excluding hydrogens is 242 g/mol. The van der Waals surface area contributed by atoms with Crippen LogP contribution in [-0.4, -0.2) is 21.3 Å². The Morgan fingerprint density at radius 1 is 1.44 bits per heavy atom. The van der Waals surface area contributed by atoms with E-state index < -0.39 is 0 Å². The van der Waals surface area contributed by atoms with Gasteiger partial charge < -0.3 is 5.32 Å². The molecule has 2 heterocycles. The highest BCUT2D eigenvalue weighted by Crippen LogP contribution is 2.38. The molecule has 1 fully saturated rings. The van der Waals surface area contributed by atoms with Crippen LogP contribution in [-0.2, 0) is 6.54 Å². The van der Waals surface area contributed by atoms with Crippen LogP contribution in [0.4, 0.5) is 0 Å². The molecule has 2 rings (SSSR count). The van der Waals surface area contributed by atoms with Crippen molar-refractivity contribution >= 4 is 11.8 Å². The van der Waals surface area contributed by atoms with E-state index in [9.17, 15) is 0 Å². The zero-order valence-electron chi connectivity index (χ0n) is 11.8. The molecule has 100 valence electrons. The number of nitrogens with zero attached hydrogens (tertiary/aromatic N) is 2. The summed E-state index contributed by atoms with van der Waals surface area (Å²) in [5, 5.41) is 4.00. The molecule has 1 aromatic rings. The third-order valence-electron chi connectivity index (χ3n) is 3.13. The monoisotopic (exact) mass is 265 g/mol. The SMILES string of the molecule is Cc1nc(C2CCCS2)ncc1CNC(C)(C)C. The summed E-state index contributed by atoms with van der Waals surface area (Å²) in [6.07, 6.45) is 4.52. The minimum absolute atomic E-state index is 0.131. The van der Waals surface area contributed by atoms with E-state index in [1.807, 2.05) is 18.0 Å². The van der Waals surface area contributed by atoms with Gasteiger partial charge in [-0.2, -0.15) is 11.8 Å². The summed E-state index contributed by atoms with van der Waals surface area (Å²) in [5.41, 5.74) is 2.45. The van der Waals surface area contributed by atoms with Crippen molar-refractivity contribution in [3.8, 4) is 0 Å². The Hall–Kier alpha value is -0.610. The molecule has 1 atom stereocenters. The topological polar surface area (TPSA) is 37.8 Å². The molecule has 1 saturated heterocycles. The third kappa shape index (κ3) is 3.69. The fourth-order valence-electron chi connectivity index (χ4n) is 1.98. The lowest BCUT2D eigenvalue weighted by Crippen LogP contribution is -2.35.